The largest absolute Gasteiger partial charge is 0.493 e. The van der Waals surface area contributed by atoms with Gasteiger partial charge in [0.15, 0.2) is 11.5 Å². The number of carbonyl (C=O) groups excluding carboxylic acids is 1. The van der Waals surface area contributed by atoms with Gasteiger partial charge in [0.1, 0.15) is 5.82 Å². The number of hydrogen-bond acceptors (Lipinski definition) is 5. The topological polar surface area (TPSA) is 72.5 Å². The third kappa shape index (κ3) is 4.92. The fourth-order valence-corrected chi connectivity index (χ4v) is 2.68. The van der Waals surface area contributed by atoms with Gasteiger partial charge in [-0.15, -0.1) is 0 Å². The first-order valence-corrected chi connectivity index (χ1v) is 8.94. The van der Waals surface area contributed by atoms with E-state index < -0.39 is 0 Å². The first kappa shape index (κ1) is 19.5. The van der Waals surface area contributed by atoms with E-state index in [1.54, 1.807) is 44.6 Å². The Morgan fingerprint density at radius 2 is 1.75 bits per heavy atom. The molecule has 3 rings (SSSR count). The van der Waals surface area contributed by atoms with Gasteiger partial charge in [0.25, 0.3) is 5.91 Å². The standard InChI is InChI=1S/C21H20ClN3O3/c1-27-18-9-8-17(11-19(18)28-2)25-20-10-5-15(13-23-20)21(26)24-12-14-3-6-16(22)7-4-14/h3-11,13H,12H2,1-2H3,(H,23,25)(H,24,26). The van der Waals surface area contributed by atoms with Crippen molar-refractivity contribution < 1.29 is 14.3 Å². The van der Waals surface area contributed by atoms with Crippen LogP contribution in [-0.4, -0.2) is 25.1 Å². The molecule has 6 nitrogen and oxygen atoms in total. The number of hydrogen-bond donors (Lipinski definition) is 2. The Morgan fingerprint density at radius 1 is 1.00 bits per heavy atom. The van der Waals surface area contributed by atoms with E-state index in [9.17, 15) is 4.79 Å². The predicted octanol–water partition coefficient (Wildman–Crippen LogP) is 4.43. The Kier molecular flexibility index (Phi) is 6.34. The minimum Gasteiger partial charge on any atom is -0.493 e. The lowest BCUT2D eigenvalue weighted by Gasteiger charge is -2.11. The average molecular weight is 398 g/mol. The molecule has 0 atom stereocenters. The highest BCUT2D eigenvalue weighted by Crippen LogP contribution is 2.30. The smallest absolute Gasteiger partial charge is 0.253 e. The number of ether oxygens (including phenoxy) is 2. The van der Waals surface area contributed by atoms with Crippen LogP contribution in [0, 0.1) is 0 Å². The van der Waals surface area contributed by atoms with Crippen LogP contribution in [0.5, 0.6) is 11.5 Å². The second kappa shape index (κ2) is 9.10. The molecule has 1 aromatic heterocycles. The molecule has 144 valence electrons. The molecule has 0 saturated carbocycles. The molecule has 1 heterocycles. The number of rotatable bonds is 7. The zero-order valence-corrected chi connectivity index (χ0v) is 16.3. The predicted molar refractivity (Wildman–Crippen MR) is 110 cm³/mol. The molecule has 0 radical (unpaired) electrons. The summed E-state index contributed by atoms with van der Waals surface area (Å²) in [6, 6.07) is 16.3. The van der Waals surface area contributed by atoms with Gasteiger partial charge in [0.05, 0.1) is 19.8 Å². The van der Waals surface area contributed by atoms with E-state index in [4.69, 9.17) is 21.1 Å². The molecule has 1 amide bonds. The van der Waals surface area contributed by atoms with E-state index >= 15 is 0 Å². The maximum atomic E-state index is 12.3. The van der Waals surface area contributed by atoms with Crippen LogP contribution in [0.4, 0.5) is 11.5 Å². The summed E-state index contributed by atoms with van der Waals surface area (Å²) in [5, 5.41) is 6.69. The monoisotopic (exact) mass is 397 g/mol. The zero-order chi connectivity index (χ0) is 19.9. The number of benzene rings is 2. The van der Waals surface area contributed by atoms with Gasteiger partial charge in [0, 0.05) is 29.5 Å². The Balaban J connectivity index is 1.61. The van der Waals surface area contributed by atoms with Gasteiger partial charge in [0.2, 0.25) is 0 Å². The second-order valence-corrected chi connectivity index (χ2v) is 6.37. The zero-order valence-electron chi connectivity index (χ0n) is 15.5. The van der Waals surface area contributed by atoms with E-state index in [1.807, 2.05) is 24.3 Å². The van der Waals surface area contributed by atoms with Crippen LogP contribution in [0.3, 0.4) is 0 Å². The quantitative estimate of drug-likeness (QED) is 0.617. The van der Waals surface area contributed by atoms with Crippen LogP contribution in [-0.2, 0) is 6.54 Å². The maximum Gasteiger partial charge on any atom is 0.253 e. The van der Waals surface area contributed by atoms with Crippen molar-refractivity contribution in [2.24, 2.45) is 0 Å². The average Bonchev–Trinajstić information content (AvgIpc) is 2.73. The van der Waals surface area contributed by atoms with Crippen molar-refractivity contribution in [3.05, 3.63) is 76.9 Å². The van der Waals surface area contributed by atoms with Crippen molar-refractivity contribution in [3.63, 3.8) is 0 Å². The Hall–Kier alpha value is -3.25. The molecule has 0 aliphatic heterocycles. The molecule has 0 fully saturated rings. The molecule has 3 aromatic rings. The Morgan fingerprint density at radius 3 is 2.39 bits per heavy atom. The fourth-order valence-electron chi connectivity index (χ4n) is 2.55. The molecule has 28 heavy (non-hydrogen) atoms. The fraction of sp³-hybridized carbons (Fsp3) is 0.143. The Labute approximate surface area is 168 Å². The number of nitrogens with one attached hydrogen (secondary N) is 2. The first-order chi connectivity index (χ1) is 13.6. The highest BCUT2D eigenvalue weighted by molar-refractivity contribution is 6.30. The van der Waals surface area contributed by atoms with Gasteiger partial charge in [-0.25, -0.2) is 4.98 Å². The highest BCUT2D eigenvalue weighted by Gasteiger charge is 2.08. The number of methoxy groups -OCH3 is 2. The SMILES string of the molecule is COc1ccc(Nc2ccc(C(=O)NCc3ccc(Cl)cc3)cn2)cc1OC. The van der Waals surface area contributed by atoms with Crippen LogP contribution in [0.25, 0.3) is 0 Å². The number of carbonyl (C=O) groups is 1. The minimum atomic E-state index is -0.194. The molecule has 0 spiro atoms. The summed E-state index contributed by atoms with van der Waals surface area (Å²) in [5.41, 5.74) is 2.24. The number of anilines is 2. The molecule has 0 bridgehead atoms. The third-order valence-corrected chi connectivity index (χ3v) is 4.30. The van der Waals surface area contributed by atoms with Crippen molar-refractivity contribution >= 4 is 29.0 Å². The minimum absolute atomic E-state index is 0.194. The molecule has 0 saturated heterocycles. The molecule has 7 heteroatoms. The van der Waals surface area contributed by atoms with E-state index in [-0.39, 0.29) is 5.91 Å². The van der Waals surface area contributed by atoms with Crippen LogP contribution in [0.15, 0.2) is 60.8 Å². The molecule has 0 aliphatic rings. The van der Waals surface area contributed by atoms with E-state index in [0.717, 1.165) is 11.3 Å². The van der Waals surface area contributed by atoms with Gasteiger partial charge in [-0.3, -0.25) is 4.79 Å². The van der Waals surface area contributed by atoms with Crippen molar-refractivity contribution in [3.8, 4) is 11.5 Å². The summed E-state index contributed by atoms with van der Waals surface area (Å²) < 4.78 is 10.5. The summed E-state index contributed by atoms with van der Waals surface area (Å²) in [7, 11) is 3.17. The van der Waals surface area contributed by atoms with Gasteiger partial charge in [-0.05, 0) is 42.0 Å². The van der Waals surface area contributed by atoms with Gasteiger partial charge < -0.3 is 20.1 Å². The normalized spacial score (nSPS) is 10.2. The van der Waals surface area contributed by atoms with Gasteiger partial charge in [-0.2, -0.15) is 0 Å². The third-order valence-electron chi connectivity index (χ3n) is 4.05. The molecular formula is C21H20ClN3O3. The van der Waals surface area contributed by atoms with Gasteiger partial charge >= 0.3 is 0 Å². The molecular weight excluding hydrogens is 378 g/mol. The van der Waals surface area contributed by atoms with Crippen LogP contribution < -0.4 is 20.1 Å². The second-order valence-electron chi connectivity index (χ2n) is 5.94. The molecule has 0 unspecified atom stereocenters. The number of nitrogens with zero attached hydrogens (tertiary/aromatic N) is 1. The van der Waals surface area contributed by atoms with Crippen molar-refractivity contribution in [2.75, 3.05) is 19.5 Å². The van der Waals surface area contributed by atoms with Crippen LogP contribution >= 0.6 is 11.6 Å². The summed E-state index contributed by atoms with van der Waals surface area (Å²) in [5.74, 6) is 1.68. The van der Waals surface area contributed by atoms with Crippen LogP contribution in [0.2, 0.25) is 5.02 Å². The number of halogens is 1. The molecule has 2 aromatic carbocycles. The summed E-state index contributed by atoms with van der Waals surface area (Å²) >= 11 is 5.86. The van der Waals surface area contributed by atoms with Gasteiger partial charge in [-0.1, -0.05) is 23.7 Å². The summed E-state index contributed by atoms with van der Waals surface area (Å²) in [6.45, 7) is 0.418. The van der Waals surface area contributed by atoms with Crippen LogP contribution in [0.1, 0.15) is 15.9 Å². The molecule has 0 aliphatic carbocycles. The lowest BCUT2D eigenvalue weighted by atomic mass is 10.2. The van der Waals surface area contributed by atoms with E-state index in [0.29, 0.717) is 34.4 Å². The van der Waals surface area contributed by atoms with E-state index in [2.05, 4.69) is 15.6 Å². The molecule has 2 N–H and O–H groups in total. The number of pyridine rings is 1. The lowest BCUT2D eigenvalue weighted by Crippen LogP contribution is -2.22. The van der Waals surface area contributed by atoms with E-state index in [1.165, 1.54) is 6.20 Å². The Bertz CT molecular complexity index is 944. The summed E-state index contributed by atoms with van der Waals surface area (Å²) in [6.07, 6.45) is 1.53. The number of aromatic nitrogens is 1. The van der Waals surface area contributed by atoms with Crippen molar-refractivity contribution in [1.29, 1.82) is 0 Å². The summed E-state index contributed by atoms with van der Waals surface area (Å²) in [4.78, 5) is 16.6. The first-order valence-electron chi connectivity index (χ1n) is 8.57. The van der Waals surface area contributed by atoms with Crippen molar-refractivity contribution in [1.82, 2.24) is 10.3 Å². The highest BCUT2D eigenvalue weighted by atomic mass is 35.5. The lowest BCUT2D eigenvalue weighted by molar-refractivity contribution is 0.0950. The van der Waals surface area contributed by atoms with Crippen molar-refractivity contribution in [2.45, 2.75) is 6.54 Å². The maximum absolute atomic E-state index is 12.3. The number of amides is 1.